The molecule has 19 heavy (non-hydrogen) atoms. The summed E-state index contributed by atoms with van der Waals surface area (Å²) in [4.78, 5) is 8.73. The first-order valence-corrected chi connectivity index (χ1v) is 6.27. The maximum atomic E-state index is 4.64. The SMILES string of the molecule is Cc1cc2ccccc2nc1NCCc1ncn[nH]1. The second-order valence-electron chi connectivity index (χ2n) is 4.46. The number of pyridine rings is 1. The van der Waals surface area contributed by atoms with Crippen LogP contribution in [-0.2, 0) is 6.42 Å². The summed E-state index contributed by atoms with van der Waals surface area (Å²) in [7, 11) is 0. The molecule has 1 aromatic carbocycles. The summed E-state index contributed by atoms with van der Waals surface area (Å²) in [5.74, 6) is 1.81. The molecule has 0 aliphatic carbocycles. The van der Waals surface area contributed by atoms with Crippen molar-refractivity contribution >= 4 is 16.7 Å². The average molecular weight is 253 g/mol. The molecule has 0 unspecified atom stereocenters. The lowest BCUT2D eigenvalue weighted by Gasteiger charge is -2.09. The highest BCUT2D eigenvalue weighted by Gasteiger charge is 2.03. The van der Waals surface area contributed by atoms with E-state index >= 15 is 0 Å². The molecule has 0 saturated carbocycles. The predicted molar refractivity (Wildman–Crippen MR) is 75.1 cm³/mol. The van der Waals surface area contributed by atoms with Gasteiger partial charge in [-0.25, -0.2) is 9.97 Å². The van der Waals surface area contributed by atoms with Gasteiger partial charge < -0.3 is 5.32 Å². The van der Waals surface area contributed by atoms with Crippen molar-refractivity contribution in [2.45, 2.75) is 13.3 Å². The molecule has 0 saturated heterocycles. The van der Waals surface area contributed by atoms with Crippen LogP contribution in [-0.4, -0.2) is 26.7 Å². The number of hydrogen-bond donors (Lipinski definition) is 2. The Balaban J connectivity index is 1.75. The first kappa shape index (κ1) is 11.6. The molecule has 2 heterocycles. The van der Waals surface area contributed by atoms with E-state index in [1.807, 2.05) is 18.2 Å². The Morgan fingerprint density at radius 2 is 2.16 bits per heavy atom. The van der Waals surface area contributed by atoms with E-state index in [1.165, 1.54) is 11.7 Å². The van der Waals surface area contributed by atoms with E-state index in [9.17, 15) is 0 Å². The Kier molecular flexibility index (Phi) is 3.10. The minimum absolute atomic E-state index is 0.779. The lowest BCUT2D eigenvalue weighted by atomic mass is 10.1. The highest BCUT2D eigenvalue weighted by atomic mass is 15.2. The van der Waals surface area contributed by atoms with Gasteiger partial charge in [0.05, 0.1) is 5.52 Å². The van der Waals surface area contributed by atoms with Gasteiger partial charge in [0, 0.05) is 18.4 Å². The van der Waals surface area contributed by atoms with Gasteiger partial charge in [-0.2, -0.15) is 5.10 Å². The molecule has 3 rings (SSSR count). The van der Waals surface area contributed by atoms with Gasteiger partial charge in [0.25, 0.3) is 0 Å². The smallest absolute Gasteiger partial charge is 0.137 e. The van der Waals surface area contributed by atoms with E-state index in [0.717, 1.165) is 35.7 Å². The fourth-order valence-electron chi connectivity index (χ4n) is 2.05. The van der Waals surface area contributed by atoms with Gasteiger partial charge in [-0.15, -0.1) is 0 Å². The van der Waals surface area contributed by atoms with E-state index in [2.05, 4.69) is 44.5 Å². The zero-order valence-corrected chi connectivity index (χ0v) is 10.7. The number of benzene rings is 1. The lowest BCUT2D eigenvalue weighted by Crippen LogP contribution is -2.08. The van der Waals surface area contributed by atoms with Gasteiger partial charge in [0.1, 0.15) is 18.0 Å². The molecule has 5 heteroatoms. The van der Waals surface area contributed by atoms with Crippen LogP contribution >= 0.6 is 0 Å². The van der Waals surface area contributed by atoms with Crippen molar-refractivity contribution in [3.05, 3.63) is 48.0 Å². The number of aryl methyl sites for hydroxylation is 1. The van der Waals surface area contributed by atoms with Crippen LogP contribution in [0.15, 0.2) is 36.7 Å². The largest absolute Gasteiger partial charge is 0.369 e. The number of nitrogens with one attached hydrogen (secondary N) is 2. The summed E-state index contributed by atoms with van der Waals surface area (Å²) in [5.41, 5.74) is 2.16. The molecule has 2 N–H and O–H groups in total. The number of rotatable bonds is 4. The van der Waals surface area contributed by atoms with Crippen molar-refractivity contribution in [1.82, 2.24) is 20.2 Å². The van der Waals surface area contributed by atoms with Gasteiger partial charge in [-0.05, 0) is 24.6 Å². The zero-order valence-electron chi connectivity index (χ0n) is 10.7. The lowest BCUT2D eigenvalue weighted by molar-refractivity contribution is 0.897. The fraction of sp³-hybridized carbons (Fsp3) is 0.214. The number of fused-ring (bicyclic) bond motifs is 1. The zero-order chi connectivity index (χ0) is 13.1. The van der Waals surface area contributed by atoms with E-state index < -0.39 is 0 Å². The first-order chi connectivity index (χ1) is 9.33. The van der Waals surface area contributed by atoms with E-state index in [1.54, 1.807) is 0 Å². The molecule has 0 fully saturated rings. The van der Waals surface area contributed by atoms with Crippen LogP contribution in [0.2, 0.25) is 0 Å². The van der Waals surface area contributed by atoms with Gasteiger partial charge in [-0.1, -0.05) is 18.2 Å². The number of aromatic nitrogens is 4. The Morgan fingerprint density at radius 1 is 1.26 bits per heavy atom. The van der Waals surface area contributed by atoms with Crippen LogP contribution in [0, 0.1) is 6.92 Å². The van der Waals surface area contributed by atoms with Crippen LogP contribution < -0.4 is 5.32 Å². The Labute approximate surface area is 111 Å². The van der Waals surface area contributed by atoms with Crippen molar-refractivity contribution in [1.29, 1.82) is 0 Å². The third-order valence-electron chi connectivity index (χ3n) is 3.03. The summed E-state index contributed by atoms with van der Waals surface area (Å²) >= 11 is 0. The maximum Gasteiger partial charge on any atom is 0.137 e. The van der Waals surface area contributed by atoms with Crippen molar-refractivity contribution in [3.8, 4) is 0 Å². The Bertz CT molecular complexity index is 675. The van der Waals surface area contributed by atoms with Crippen LogP contribution in [0.1, 0.15) is 11.4 Å². The topological polar surface area (TPSA) is 66.5 Å². The molecule has 96 valence electrons. The second kappa shape index (κ2) is 5.06. The minimum Gasteiger partial charge on any atom is -0.369 e. The number of para-hydroxylation sites is 1. The molecule has 0 spiro atoms. The normalized spacial score (nSPS) is 10.8. The van der Waals surface area contributed by atoms with Crippen LogP contribution in [0.4, 0.5) is 5.82 Å². The molecular formula is C14H15N5. The van der Waals surface area contributed by atoms with Gasteiger partial charge in [-0.3, -0.25) is 5.10 Å². The molecule has 5 nitrogen and oxygen atoms in total. The van der Waals surface area contributed by atoms with E-state index in [0.29, 0.717) is 0 Å². The summed E-state index contributed by atoms with van der Waals surface area (Å²) in [5, 5.41) is 11.2. The highest BCUT2D eigenvalue weighted by Crippen LogP contribution is 2.19. The monoisotopic (exact) mass is 253 g/mol. The number of nitrogens with zero attached hydrogens (tertiary/aromatic N) is 3. The standard InChI is InChI=1S/C14H15N5/c1-10-8-11-4-2-3-5-12(11)18-14(10)15-7-6-13-16-9-17-19-13/h2-5,8-9H,6-7H2,1H3,(H,15,18)(H,16,17,19). The molecular weight excluding hydrogens is 238 g/mol. The fourth-order valence-corrected chi connectivity index (χ4v) is 2.05. The first-order valence-electron chi connectivity index (χ1n) is 6.27. The summed E-state index contributed by atoms with van der Waals surface area (Å²) in [6.45, 7) is 2.84. The van der Waals surface area contributed by atoms with Crippen molar-refractivity contribution in [2.75, 3.05) is 11.9 Å². The van der Waals surface area contributed by atoms with Crippen molar-refractivity contribution in [3.63, 3.8) is 0 Å². The van der Waals surface area contributed by atoms with Gasteiger partial charge in [0.15, 0.2) is 0 Å². The Hall–Kier alpha value is -2.43. The van der Waals surface area contributed by atoms with Crippen molar-refractivity contribution in [2.24, 2.45) is 0 Å². The quantitative estimate of drug-likeness (QED) is 0.748. The molecule has 0 radical (unpaired) electrons. The second-order valence-corrected chi connectivity index (χ2v) is 4.46. The molecule has 3 aromatic rings. The number of anilines is 1. The van der Waals surface area contributed by atoms with Crippen LogP contribution in [0.25, 0.3) is 10.9 Å². The van der Waals surface area contributed by atoms with E-state index in [4.69, 9.17) is 0 Å². The number of H-pyrrole nitrogens is 1. The van der Waals surface area contributed by atoms with E-state index in [-0.39, 0.29) is 0 Å². The van der Waals surface area contributed by atoms with Crippen LogP contribution in [0.5, 0.6) is 0 Å². The summed E-state index contributed by atoms with van der Waals surface area (Å²) < 4.78 is 0. The molecule has 0 aliphatic rings. The molecule has 2 aromatic heterocycles. The molecule has 0 amide bonds. The van der Waals surface area contributed by atoms with Crippen molar-refractivity contribution < 1.29 is 0 Å². The summed E-state index contributed by atoms with van der Waals surface area (Å²) in [6.07, 6.45) is 2.32. The Morgan fingerprint density at radius 3 is 3.00 bits per heavy atom. The van der Waals surface area contributed by atoms with Crippen LogP contribution in [0.3, 0.4) is 0 Å². The molecule has 0 aliphatic heterocycles. The molecule has 0 bridgehead atoms. The van der Waals surface area contributed by atoms with Gasteiger partial charge >= 0.3 is 0 Å². The molecule has 0 atom stereocenters. The maximum absolute atomic E-state index is 4.64. The predicted octanol–water partition coefficient (Wildman–Crippen LogP) is 2.32. The van der Waals surface area contributed by atoms with Gasteiger partial charge in [0.2, 0.25) is 0 Å². The third-order valence-corrected chi connectivity index (χ3v) is 3.03. The highest BCUT2D eigenvalue weighted by molar-refractivity contribution is 5.81. The summed E-state index contributed by atoms with van der Waals surface area (Å²) in [6, 6.07) is 10.3. The average Bonchev–Trinajstić information content (AvgIpc) is 2.92. The number of hydrogen-bond acceptors (Lipinski definition) is 4. The third kappa shape index (κ3) is 2.54. The number of aromatic amines is 1. The minimum atomic E-state index is 0.779.